The fraction of sp³-hybridized carbons (Fsp3) is 0.791. The summed E-state index contributed by atoms with van der Waals surface area (Å²) in [5.41, 5.74) is -0.115. The van der Waals surface area contributed by atoms with E-state index in [4.69, 9.17) is 9.47 Å². The van der Waals surface area contributed by atoms with Crippen molar-refractivity contribution in [3.8, 4) is 0 Å². The molecule has 6 aliphatic carbocycles. The maximum absolute atomic E-state index is 14.1. The molecule has 0 aliphatic heterocycles. The fourth-order valence-electron chi connectivity index (χ4n) is 13.4. The molecule has 0 radical (unpaired) electrons. The van der Waals surface area contributed by atoms with E-state index in [1.165, 1.54) is 18.1 Å². The summed E-state index contributed by atoms with van der Waals surface area (Å²) >= 11 is 0. The minimum Gasteiger partial charge on any atom is -0.469 e. The Morgan fingerprint density at radius 2 is 1.41 bits per heavy atom. The highest BCUT2D eigenvalue weighted by Crippen LogP contribution is 2.65. The van der Waals surface area contributed by atoms with Crippen molar-refractivity contribution in [3.05, 3.63) is 23.3 Å². The molecular weight excluding hydrogens is 690 g/mol. The lowest BCUT2D eigenvalue weighted by Crippen LogP contribution is -2.65. The Balaban J connectivity index is 1.16. The van der Waals surface area contributed by atoms with Crippen molar-refractivity contribution in [2.75, 3.05) is 27.3 Å². The van der Waals surface area contributed by atoms with Gasteiger partial charge < -0.3 is 29.7 Å². The standard InChI is InChI=1S/C43H63NO10/c1-22-25(20-30(46)44(7)18-19-45)10-12-27-32(22)35(48)37(50)34-24(3)29(14-17-41(27,34)4)54-31(47)21-26-11-13-28-33(23(26)2)36(49)38(51)39-42(28,5)15-9-16-43(39,6)40(52)53-8/h20-24,27-29,32-36,39,45,48-49H,9-19H2,1-8H3/b25-20+,26-21+/t22-,23-,24+,27-,28-,29-,32-,33-,34+,35+,36+,39+,41+,42+,43-/m0/s1. The molecule has 6 aliphatic rings. The van der Waals surface area contributed by atoms with Crippen LogP contribution >= 0.6 is 0 Å². The minimum atomic E-state index is -1.25. The van der Waals surface area contributed by atoms with Crippen molar-refractivity contribution >= 4 is 29.4 Å². The van der Waals surface area contributed by atoms with E-state index in [0.717, 1.165) is 30.4 Å². The highest BCUT2D eigenvalue weighted by Gasteiger charge is 2.67. The first kappa shape index (κ1) is 40.8. The number of amides is 1. The van der Waals surface area contributed by atoms with Crippen LogP contribution in [0.1, 0.15) is 99.3 Å². The smallest absolute Gasteiger partial charge is 0.330 e. The number of carbonyl (C=O) groups is 5. The molecule has 0 saturated heterocycles. The maximum Gasteiger partial charge on any atom is 0.330 e. The summed E-state index contributed by atoms with van der Waals surface area (Å²) in [6.45, 7) is 12.1. The first-order chi connectivity index (χ1) is 25.4. The number of ketones is 2. The van der Waals surface area contributed by atoms with Crippen molar-refractivity contribution in [1.82, 2.24) is 4.90 Å². The van der Waals surface area contributed by atoms with Crippen molar-refractivity contribution < 1.29 is 48.8 Å². The third kappa shape index (κ3) is 6.32. The van der Waals surface area contributed by atoms with Gasteiger partial charge in [0.2, 0.25) is 5.91 Å². The van der Waals surface area contributed by atoms with E-state index >= 15 is 0 Å². The Morgan fingerprint density at radius 1 is 0.833 bits per heavy atom. The quantitative estimate of drug-likeness (QED) is 0.261. The SMILES string of the molecule is COC(=O)[C@@]1(C)CCC[C@@]2(C)[C@H]1C(=O)[C@H](O)[C@H]1[C@@H](C)/C(=C/C(=O)O[C@H]3CC[C@]4(C)[C@H]5CC/C(=C\C(=O)N(C)CCO)[C@H](C)[C@@H]5[C@@H](O)C(=O)[C@H]4[C@@H]3C)CC[C@@H]12. The number of hydrogen-bond donors (Lipinski definition) is 3. The molecule has 0 unspecified atom stereocenters. The maximum atomic E-state index is 14.1. The molecule has 0 aromatic rings. The Kier molecular flexibility index (Phi) is 11.2. The third-order valence-electron chi connectivity index (χ3n) is 16.2. The Labute approximate surface area is 320 Å². The first-order valence-corrected chi connectivity index (χ1v) is 20.4. The molecule has 1 amide bonds. The molecule has 0 aromatic heterocycles. The van der Waals surface area contributed by atoms with Crippen molar-refractivity contribution in [2.24, 2.45) is 69.5 Å². The average molecular weight is 754 g/mol. The van der Waals surface area contributed by atoms with Crippen LogP contribution in [-0.2, 0) is 33.4 Å². The van der Waals surface area contributed by atoms with Crippen LogP contribution in [0.3, 0.4) is 0 Å². The number of carbonyl (C=O) groups excluding carboxylic acids is 5. The molecule has 0 aromatic carbocycles. The van der Waals surface area contributed by atoms with Gasteiger partial charge in [0.1, 0.15) is 18.3 Å². The summed E-state index contributed by atoms with van der Waals surface area (Å²) < 4.78 is 11.3. The minimum absolute atomic E-state index is 0.00609. The highest BCUT2D eigenvalue weighted by atomic mass is 16.5. The number of hydrogen-bond acceptors (Lipinski definition) is 10. The summed E-state index contributed by atoms with van der Waals surface area (Å²) in [7, 11) is 2.99. The number of likely N-dealkylation sites (N-methyl/N-ethyl adjacent to an activating group) is 1. The molecule has 0 spiro atoms. The molecule has 300 valence electrons. The lowest BCUT2D eigenvalue weighted by atomic mass is 9.42. The predicted molar refractivity (Wildman–Crippen MR) is 199 cm³/mol. The van der Waals surface area contributed by atoms with Gasteiger partial charge in [-0.2, -0.15) is 0 Å². The lowest BCUT2D eigenvalue weighted by molar-refractivity contribution is -0.193. The Morgan fingerprint density at radius 3 is 2.00 bits per heavy atom. The highest BCUT2D eigenvalue weighted by molar-refractivity contribution is 5.94. The molecule has 6 rings (SSSR count). The monoisotopic (exact) mass is 753 g/mol. The van der Waals surface area contributed by atoms with E-state index in [1.807, 2.05) is 27.7 Å². The summed E-state index contributed by atoms with van der Waals surface area (Å²) in [5.74, 6) is -4.12. The summed E-state index contributed by atoms with van der Waals surface area (Å²) in [5, 5.41) is 32.4. The number of Topliss-reactive ketones (excluding diaryl/α,β-unsaturated/α-hetero) is 2. The van der Waals surface area contributed by atoms with Crippen LogP contribution in [0.5, 0.6) is 0 Å². The Bertz CT molecular complexity index is 1600. The van der Waals surface area contributed by atoms with Gasteiger partial charge in [-0.1, -0.05) is 52.2 Å². The van der Waals surface area contributed by atoms with Gasteiger partial charge >= 0.3 is 11.9 Å². The number of fused-ring (bicyclic) bond motifs is 6. The second-order valence-electron chi connectivity index (χ2n) is 18.7. The number of nitrogens with zero attached hydrogens (tertiary/aromatic N) is 1. The molecule has 11 heteroatoms. The molecular formula is C43H63NO10. The van der Waals surface area contributed by atoms with E-state index in [2.05, 4.69) is 13.8 Å². The van der Waals surface area contributed by atoms with Gasteiger partial charge in [0.15, 0.2) is 11.6 Å². The molecule has 6 fully saturated rings. The molecule has 6 saturated carbocycles. The number of aliphatic hydroxyl groups is 3. The van der Waals surface area contributed by atoms with Gasteiger partial charge in [-0.25, -0.2) is 4.79 Å². The van der Waals surface area contributed by atoms with E-state index < -0.39 is 58.3 Å². The van der Waals surface area contributed by atoms with Crippen molar-refractivity contribution in [1.29, 1.82) is 0 Å². The van der Waals surface area contributed by atoms with Crippen molar-refractivity contribution in [3.63, 3.8) is 0 Å². The van der Waals surface area contributed by atoms with Gasteiger partial charge in [-0.15, -0.1) is 0 Å². The number of esters is 2. The van der Waals surface area contributed by atoms with Crippen LogP contribution in [-0.4, -0.2) is 95.3 Å². The van der Waals surface area contributed by atoms with Crippen LogP contribution in [0.4, 0.5) is 0 Å². The molecule has 3 N–H and O–H groups in total. The van der Waals surface area contributed by atoms with Gasteiger partial charge in [0, 0.05) is 55.3 Å². The molecule has 0 bridgehead atoms. The topological polar surface area (TPSA) is 168 Å². The largest absolute Gasteiger partial charge is 0.469 e. The number of allylic oxidation sites excluding steroid dienone is 2. The summed E-state index contributed by atoms with van der Waals surface area (Å²) in [6.07, 6.45) is 6.29. The lowest BCUT2D eigenvalue weighted by Gasteiger charge is -2.61. The second kappa shape index (κ2) is 14.9. The Hall–Kier alpha value is -2.89. The van der Waals surface area contributed by atoms with Gasteiger partial charge in [-0.3, -0.25) is 19.2 Å². The third-order valence-corrected chi connectivity index (χ3v) is 16.2. The molecule has 11 nitrogen and oxygen atoms in total. The second-order valence-corrected chi connectivity index (χ2v) is 18.7. The van der Waals surface area contributed by atoms with Crippen LogP contribution in [0, 0.1) is 69.5 Å². The van der Waals surface area contributed by atoms with Gasteiger partial charge in [0.05, 0.1) is 19.1 Å². The van der Waals surface area contributed by atoms with Gasteiger partial charge in [-0.05, 0) is 92.8 Å². The van der Waals surface area contributed by atoms with E-state index in [9.17, 15) is 39.3 Å². The number of rotatable bonds is 6. The zero-order valence-corrected chi connectivity index (χ0v) is 33.5. The molecule has 54 heavy (non-hydrogen) atoms. The van der Waals surface area contributed by atoms with Crippen LogP contribution in [0.2, 0.25) is 0 Å². The van der Waals surface area contributed by atoms with Crippen LogP contribution in [0.25, 0.3) is 0 Å². The zero-order chi connectivity index (χ0) is 39.7. The molecule has 15 atom stereocenters. The zero-order valence-electron chi connectivity index (χ0n) is 33.5. The normalized spacial score (nSPS) is 46.1. The predicted octanol–water partition coefficient (Wildman–Crippen LogP) is 4.45. The van der Waals surface area contributed by atoms with E-state index in [-0.39, 0.29) is 72.1 Å². The van der Waals surface area contributed by atoms with Crippen molar-refractivity contribution in [2.45, 2.75) is 118 Å². The summed E-state index contributed by atoms with van der Waals surface area (Å²) in [4.78, 5) is 69.0. The van der Waals surface area contributed by atoms with Gasteiger partial charge in [0.25, 0.3) is 0 Å². The number of methoxy groups -OCH3 is 1. The van der Waals surface area contributed by atoms with Crippen LogP contribution < -0.4 is 0 Å². The van der Waals surface area contributed by atoms with Crippen LogP contribution in [0.15, 0.2) is 23.3 Å². The number of ether oxygens (including phenoxy) is 2. The molecule has 0 heterocycles. The van der Waals surface area contributed by atoms with E-state index in [0.29, 0.717) is 38.5 Å². The average Bonchev–Trinajstić information content (AvgIpc) is 3.12. The summed E-state index contributed by atoms with van der Waals surface area (Å²) in [6, 6.07) is 0. The van der Waals surface area contributed by atoms with E-state index in [1.54, 1.807) is 13.1 Å². The first-order valence-electron chi connectivity index (χ1n) is 20.4. The number of aliphatic hydroxyl groups excluding tert-OH is 3. The fourth-order valence-corrected chi connectivity index (χ4v) is 13.4.